The molecule has 5 heteroatoms. The van der Waals surface area contributed by atoms with Crippen molar-refractivity contribution in [3.8, 4) is 0 Å². The van der Waals surface area contributed by atoms with Crippen LogP contribution in [0.25, 0.3) is 0 Å². The molecule has 0 bridgehead atoms. The first-order valence-electron chi connectivity index (χ1n) is 5.74. The topological polar surface area (TPSA) is 37.4 Å². The zero-order valence-electron chi connectivity index (χ0n) is 10.5. The minimum absolute atomic E-state index is 0.184. The van der Waals surface area contributed by atoms with E-state index in [4.69, 9.17) is 0 Å². The fraction of sp³-hybridized carbons (Fsp3) is 0.143. The maximum absolute atomic E-state index is 13.2. The minimum atomic E-state index is -3.47. The molecule has 0 saturated heterocycles. The van der Waals surface area contributed by atoms with Crippen LogP contribution >= 0.6 is 0 Å². The maximum atomic E-state index is 13.2. The van der Waals surface area contributed by atoms with E-state index in [1.54, 1.807) is 6.07 Å². The molecule has 0 saturated carbocycles. The number of hydrogen-bond acceptors (Lipinski definition) is 2. The molecule has 2 aromatic carbocycles. The lowest BCUT2D eigenvalue weighted by molar-refractivity contribution is 0.595. The lowest BCUT2D eigenvalue weighted by atomic mass is 10.2. The first-order valence-corrected chi connectivity index (χ1v) is 7.59. The summed E-state index contributed by atoms with van der Waals surface area (Å²) in [5.41, 5.74) is 1.17. The van der Waals surface area contributed by atoms with E-state index >= 15 is 0 Å². The highest BCUT2D eigenvalue weighted by Gasteiger charge is 2.18. The average Bonchev–Trinajstić information content (AvgIpc) is 2.36. The Labute approximate surface area is 112 Å². The predicted molar refractivity (Wildman–Crippen MR) is 73.9 cm³/mol. The van der Waals surface area contributed by atoms with Gasteiger partial charge in [0, 0.05) is 0 Å². The van der Waals surface area contributed by atoms with Crippen molar-refractivity contribution in [1.82, 2.24) is 0 Å². The van der Waals surface area contributed by atoms with Crippen LogP contribution < -0.4 is 4.31 Å². The maximum Gasteiger partial charge on any atom is 0.232 e. The molecule has 2 aromatic rings. The highest BCUT2D eigenvalue weighted by molar-refractivity contribution is 7.92. The molecule has 2 rings (SSSR count). The Kier molecular flexibility index (Phi) is 3.85. The van der Waals surface area contributed by atoms with Gasteiger partial charge in [0.05, 0.1) is 18.5 Å². The Morgan fingerprint density at radius 1 is 1.05 bits per heavy atom. The summed E-state index contributed by atoms with van der Waals surface area (Å²) in [5.74, 6) is -0.459. The molecule has 0 aliphatic carbocycles. The third-order valence-electron chi connectivity index (χ3n) is 2.67. The fourth-order valence-corrected chi connectivity index (χ4v) is 2.66. The summed E-state index contributed by atoms with van der Waals surface area (Å²) in [4.78, 5) is 0. The molecule has 0 aliphatic heterocycles. The second-order valence-electron chi connectivity index (χ2n) is 4.24. The van der Waals surface area contributed by atoms with E-state index < -0.39 is 15.8 Å². The second kappa shape index (κ2) is 5.40. The number of hydrogen-bond donors (Lipinski definition) is 0. The summed E-state index contributed by atoms with van der Waals surface area (Å²) in [7, 11) is -3.47. The van der Waals surface area contributed by atoms with Crippen LogP contribution in [0.4, 0.5) is 10.1 Å². The van der Waals surface area contributed by atoms with Gasteiger partial charge in [-0.3, -0.25) is 4.31 Å². The number of anilines is 1. The van der Waals surface area contributed by atoms with E-state index in [9.17, 15) is 12.8 Å². The van der Waals surface area contributed by atoms with Crippen molar-refractivity contribution in [3.63, 3.8) is 0 Å². The van der Waals surface area contributed by atoms with Gasteiger partial charge in [0.1, 0.15) is 5.82 Å². The average molecular weight is 279 g/mol. The molecule has 3 nitrogen and oxygen atoms in total. The van der Waals surface area contributed by atoms with Crippen LogP contribution in [-0.2, 0) is 16.6 Å². The number of sulfonamides is 1. The smallest absolute Gasteiger partial charge is 0.232 e. The van der Waals surface area contributed by atoms with Crippen LogP contribution in [0, 0.1) is 5.82 Å². The second-order valence-corrected chi connectivity index (χ2v) is 6.14. The van der Waals surface area contributed by atoms with E-state index in [0.717, 1.165) is 11.8 Å². The molecule has 100 valence electrons. The van der Waals surface area contributed by atoms with E-state index in [2.05, 4.69) is 0 Å². The summed E-state index contributed by atoms with van der Waals surface area (Å²) in [6.45, 7) is 0.184. The monoisotopic (exact) mass is 279 g/mol. The van der Waals surface area contributed by atoms with E-state index in [-0.39, 0.29) is 6.54 Å². The van der Waals surface area contributed by atoms with Crippen molar-refractivity contribution >= 4 is 15.7 Å². The number of rotatable bonds is 4. The van der Waals surface area contributed by atoms with Gasteiger partial charge in [-0.1, -0.05) is 36.4 Å². The van der Waals surface area contributed by atoms with Crippen LogP contribution in [-0.4, -0.2) is 14.7 Å². The van der Waals surface area contributed by atoms with Crippen LogP contribution in [0.5, 0.6) is 0 Å². The van der Waals surface area contributed by atoms with Gasteiger partial charge in [-0.15, -0.1) is 0 Å². The Morgan fingerprint density at radius 2 is 1.74 bits per heavy atom. The fourth-order valence-electron chi connectivity index (χ4n) is 1.78. The molecule has 0 aliphatic rings. The third-order valence-corrected chi connectivity index (χ3v) is 3.81. The summed E-state index contributed by atoms with van der Waals surface area (Å²) in [5, 5.41) is 0. The molecular weight excluding hydrogens is 265 g/mol. The van der Waals surface area contributed by atoms with Crippen molar-refractivity contribution < 1.29 is 12.8 Å². The van der Waals surface area contributed by atoms with Crippen molar-refractivity contribution in [1.29, 1.82) is 0 Å². The Bertz CT molecular complexity index is 656. The lowest BCUT2D eigenvalue weighted by Crippen LogP contribution is -2.29. The van der Waals surface area contributed by atoms with Crippen LogP contribution in [0.15, 0.2) is 54.6 Å². The first-order chi connectivity index (χ1) is 8.97. The van der Waals surface area contributed by atoms with Gasteiger partial charge < -0.3 is 0 Å². The molecule has 0 unspecified atom stereocenters. The summed E-state index contributed by atoms with van der Waals surface area (Å²) < 4.78 is 38.1. The molecule has 0 heterocycles. The van der Waals surface area contributed by atoms with Gasteiger partial charge >= 0.3 is 0 Å². The van der Waals surface area contributed by atoms with Gasteiger partial charge in [0.15, 0.2) is 0 Å². The minimum Gasteiger partial charge on any atom is -0.266 e. The summed E-state index contributed by atoms with van der Waals surface area (Å²) >= 11 is 0. The van der Waals surface area contributed by atoms with Crippen molar-refractivity contribution in [3.05, 3.63) is 66.0 Å². The van der Waals surface area contributed by atoms with Crippen molar-refractivity contribution in [2.45, 2.75) is 6.54 Å². The largest absolute Gasteiger partial charge is 0.266 e. The number of benzene rings is 2. The summed E-state index contributed by atoms with van der Waals surface area (Å²) in [6, 6.07) is 14.8. The Balaban J connectivity index is 2.38. The van der Waals surface area contributed by atoms with Gasteiger partial charge in [-0.25, -0.2) is 12.8 Å². The van der Waals surface area contributed by atoms with Gasteiger partial charge in [0.2, 0.25) is 10.0 Å². The van der Waals surface area contributed by atoms with Crippen molar-refractivity contribution in [2.75, 3.05) is 10.6 Å². The molecule has 0 aromatic heterocycles. The molecule has 0 fully saturated rings. The lowest BCUT2D eigenvalue weighted by Gasteiger charge is -2.22. The van der Waals surface area contributed by atoms with Crippen LogP contribution in [0.3, 0.4) is 0 Å². The molecule has 0 radical (unpaired) electrons. The SMILES string of the molecule is CS(=O)(=O)N(Cc1ccccc1)c1cccc(F)c1. The predicted octanol–water partition coefficient (Wildman–Crippen LogP) is 2.79. The van der Waals surface area contributed by atoms with E-state index in [0.29, 0.717) is 5.69 Å². The molecule has 19 heavy (non-hydrogen) atoms. The van der Waals surface area contributed by atoms with Gasteiger partial charge in [-0.2, -0.15) is 0 Å². The normalized spacial score (nSPS) is 11.3. The summed E-state index contributed by atoms with van der Waals surface area (Å²) in [6.07, 6.45) is 1.11. The Hall–Kier alpha value is -1.88. The zero-order chi connectivity index (χ0) is 13.9. The number of halogens is 1. The standard InChI is InChI=1S/C14H14FNO2S/c1-19(17,18)16(11-12-6-3-2-4-7-12)14-9-5-8-13(15)10-14/h2-10H,11H2,1H3. The molecule has 0 amide bonds. The first kappa shape index (κ1) is 13.5. The van der Waals surface area contributed by atoms with Gasteiger partial charge in [0.25, 0.3) is 0 Å². The van der Waals surface area contributed by atoms with Gasteiger partial charge in [-0.05, 0) is 23.8 Å². The van der Waals surface area contributed by atoms with E-state index in [1.807, 2.05) is 30.3 Å². The van der Waals surface area contributed by atoms with Crippen LogP contribution in [0.1, 0.15) is 5.56 Å². The number of nitrogens with zero attached hydrogens (tertiary/aromatic N) is 1. The third kappa shape index (κ3) is 3.54. The molecule has 0 spiro atoms. The van der Waals surface area contributed by atoms with Crippen molar-refractivity contribution in [2.24, 2.45) is 0 Å². The molecular formula is C14H14FNO2S. The quantitative estimate of drug-likeness (QED) is 0.863. The highest BCUT2D eigenvalue weighted by Crippen LogP contribution is 2.21. The van der Waals surface area contributed by atoms with E-state index in [1.165, 1.54) is 22.5 Å². The molecule has 0 atom stereocenters. The van der Waals surface area contributed by atoms with Crippen LogP contribution in [0.2, 0.25) is 0 Å². The Morgan fingerprint density at radius 3 is 2.32 bits per heavy atom. The zero-order valence-corrected chi connectivity index (χ0v) is 11.3. The highest BCUT2D eigenvalue weighted by atomic mass is 32.2. The molecule has 0 N–H and O–H groups in total.